The van der Waals surface area contributed by atoms with E-state index in [9.17, 15) is 8.78 Å². The highest BCUT2D eigenvalue weighted by Gasteiger charge is 2.33. The second-order valence-electron chi connectivity index (χ2n) is 2.79. The van der Waals surface area contributed by atoms with Crippen LogP contribution in [0.25, 0.3) is 0 Å². The van der Waals surface area contributed by atoms with Gasteiger partial charge < -0.3 is 4.90 Å². The molecular weight excluding hydrogens is 184 g/mol. The van der Waals surface area contributed by atoms with Crippen molar-refractivity contribution >= 4 is 0 Å². The highest BCUT2D eigenvalue weighted by Crippen LogP contribution is 2.27. The van der Waals surface area contributed by atoms with Crippen molar-refractivity contribution in [2.75, 3.05) is 19.6 Å². The maximum Gasteiger partial charge on any atom is 0.250 e. The molecule has 0 bridgehead atoms. The highest BCUT2D eigenvalue weighted by atomic mass is 19.3. The van der Waals surface area contributed by atoms with Crippen LogP contribution in [0, 0.1) is 0 Å². The van der Waals surface area contributed by atoms with Gasteiger partial charge in [0, 0.05) is 25.9 Å². The third-order valence-electron chi connectivity index (χ3n) is 2.03. The molecule has 1 saturated heterocycles. The first-order valence-electron chi connectivity index (χ1n) is 5.74. The lowest BCUT2D eigenvalue weighted by Crippen LogP contribution is -2.38. The largest absolute Gasteiger partial charge is 0.303 e. The number of rotatable bonds is 1. The zero-order valence-electron chi connectivity index (χ0n) is 10.2. The molecule has 1 fully saturated rings. The van der Waals surface area contributed by atoms with E-state index in [0.717, 1.165) is 6.54 Å². The van der Waals surface area contributed by atoms with Gasteiger partial charge in [0.05, 0.1) is 0 Å². The monoisotopic (exact) mass is 209 g/mol. The van der Waals surface area contributed by atoms with E-state index in [-0.39, 0.29) is 12.8 Å². The van der Waals surface area contributed by atoms with E-state index in [1.54, 1.807) is 0 Å². The quantitative estimate of drug-likeness (QED) is 0.635. The molecule has 0 spiro atoms. The lowest BCUT2D eigenvalue weighted by molar-refractivity contribution is -0.0540. The second kappa shape index (κ2) is 9.38. The number of likely N-dealkylation sites (tertiary alicyclic amines) is 1. The average Bonchev–Trinajstić information content (AvgIpc) is 2.24. The zero-order valence-corrected chi connectivity index (χ0v) is 10.2. The van der Waals surface area contributed by atoms with Crippen LogP contribution in [0.15, 0.2) is 0 Å². The fourth-order valence-corrected chi connectivity index (χ4v) is 1.20. The van der Waals surface area contributed by atoms with Crippen LogP contribution in [0.2, 0.25) is 0 Å². The third-order valence-corrected chi connectivity index (χ3v) is 2.03. The fourth-order valence-electron chi connectivity index (χ4n) is 1.20. The molecule has 0 aromatic rings. The summed E-state index contributed by atoms with van der Waals surface area (Å²) >= 11 is 0. The second-order valence-corrected chi connectivity index (χ2v) is 2.79. The van der Waals surface area contributed by atoms with Gasteiger partial charge in [-0.05, 0) is 6.54 Å². The molecule has 1 nitrogen and oxygen atoms in total. The molecule has 0 amide bonds. The molecule has 0 aromatic heterocycles. The van der Waals surface area contributed by atoms with Gasteiger partial charge >= 0.3 is 0 Å². The minimum Gasteiger partial charge on any atom is -0.303 e. The van der Waals surface area contributed by atoms with E-state index in [2.05, 4.69) is 4.90 Å². The zero-order chi connectivity index (χ0) is 11.6. The van der Waals surface area contributed by atoms with E-state index < -0.39 is 5.92 Å². The summed E-state index contributed by atoms with van der Waals surface area (Å²) in [5, 5.41) is 0. The summed E-state index contributed by atoms with van der Waals surface area (Å²) in [6.45, 7) is 12.0. The SMILES string of the molecule is CC.CC.CCN1CCC(F)(F)CC1. The summed E-state index contributed by atoms with van der Waals surface area (Å²) < 4.78 is 25.0. The third kappa shape index (κ3) is 7.25. The molecule has 1 aliphatic rings. The molecule has 0 aliphatic carbocycles. The van der Waals surface area contributed by atoms with Crippen LogP contribution in [0.3, 0.4) is 0 Å². The van der Waals surface area contributed by atoms with Crippen LogP contribution in [0.4, 0.5) is 8.78 Å². The van der Waals surface area contributed by atoms with E-state index in [0.29, 0.717) is 13.1 Å². The van der Waals surface area contributed by atoms with Gasteiger partial charge in [-0.2, -0.15) is 0 Å². The van der Waals surface area contributed by atoms with Crippen LogP contribution < -0.4 is 0 Å². The predicted octanol–water partition coefficient (Wildman–Crippen LogP) is 3.79. The topological polar surface area (TPSA) is 3.24 Å². The summed E-state index contributed by atoms with van der Waals surface area (Å²) in [5.41, 5.74) is 0. The Morgan fingerprint density at radius 3 is 1.64 bits per heavy atom. The number of alkyl halides is 2. The molecule has 88 valence electrons. The van der Waals surface area contributed by atoms with E-state index in [1.807, 2.05) is 34.6 Å². The lowest BCUT2D eigenvalue weighted by atomic mass is 10.1. The maximum absolute atomic E-state index is 12.5. The normalized spacial score (nSPS) is 19.9. The van der Waals surface area contributed by atoms with Crippen molar-refractivity contribution in [3.8, 4) is 0 Å². The summed E-state index contributed by atoms with van der Waals surface area (Å²) in [4.78, 5) is 2.05. The van der Waals surface area contributed by atoms with Crippen molar-refractivity contribution in [3.63, 3.8) is 0 Å². The van der Waals surface area contributed by atoms with Crippen molar-refractivity contribution in [1.82, 2.24) is 4.90 Å². The minimum absolute atomic E-state index is 0.0425. The van der Waals surface area contributed by atoms with Crippen molar-refractivity contribution in [2.45, 2.75) is 53.4 Å². The molecule has 1 rings (SSSR count). The Kier molecular flexibility index (Phi) is 10.9. The highest BCUT2D eigenvalue weighted by molar-refractivity contribution is 4.76. The molecule has 0 radical (unpaired) electrons. The molecule has 0 N–H and O–H groups in total. The lowest BCUT2D eigenvalue weighted by Gasteiger charge is -2.30. The van der Waals surface area contributed by atoms with Crippen molar-refractivity contribution in [2.24, 2.45) is 0 Å². The van der Waals surface area contributed by atoms with Gasteiger partial charge in [0.2, 0.25) is 0 Å². The molecule has 3 heteroatoms. The van der Waals surface area contributed by atoms with E-state index in [1.165, 1.54) is 0 Å². The predicted molar refractivity (Wildman–Crippen MR) is 59.0 cm³/mol. The minimum atomic E-state index is -2.38. The number of hydrogen-bond acceptors (Lipinski definition) is 1. The maximum atomic E-state index is 12.5. The standard InChI is InChI=1S/C7H13F2N.2C2H6/c1-2-10-5-3-7(8,9)4-6-10;2*1-2/h2-6H2,1H3;2*1-2H3. The summed E-state index contributed by atoms with van der Waals surface area (Å²) in [5.74, 6) is -2.38. The molecule has 1 heterocycles. The molecular formula is C11H25F2N. The van der Waals surface area contributed by atoms with Gasteiger partial charge in [-0.25, -0.2) is 8.78 Å². The molecule has 0 saturated carbocycles. The number of halogens is 2. The van der Waals surface area contributed by atoms with Crippen LogP contribution in [0.5, 0.6) is 0 Å². The number of nitrogens with zero attached hydrogens (tertiary/aromatic N) is 1. The van der Waals surface area contributed by atoms with Crippen molar-refractivity contribution in [3.05, 3.63) is 0 Å². The molecule has 14 heavy (non-hydrogen) atoms. The average molecular weight is 209 g/mol. The molecule has 0 unspecified atom stereocenters. The van der Waals surface area contributed by atoms with Gasteiger partial charge in [0.1, 0.15) is 0 Å². The Morgan fingerprint density at radius 2 is 1.36 bits per heavy atom. The Labute approximate surface area is 87.5 Å². The first-order valence-corrected chi connectivity index (χ1v) is 5.74. The summed E-state index contributed by atoms with van der Waals surface area (Å²) in [6, 6.07) is 0. The first kappa shape index (κ1) is 16.3. The van der Waals surface area contributed by atoms with Crippen molar-refractivity contribution < 1.29 is 8.78 Å². The Balaban J connectivity index is 0. The first-order chi connectivity index (χ1) is 6.64. The van der Waals surface area contributed by atoms with Gasteiger partial charge in [-0.15, -0.1) is 0 Å². The summed E-state index contributed by atoms with van der Waals surface area (Å²) in [6.07, 6.45) is 0.0850. The van der Waals surface area contributed by atoms with Crippen LogP contribution in [-0.4, -0.2) is 30.5 Å². The van der Waals surface area contributed by atoms with Crippen molar-refractivity contribution in [1.29, 1.82) is 0 Å². The van der Waals surface area contributed by atoms with Gasteiger partial charge in [0.25, 0.3) is 5.92 Å². The van der Waals surface area contributed by atoms with E-state index in [4.69, 9.17) is 0 Å². The summed E-state index contributed by atoms with van der Waals surface area (Å²) in [7, 11) is 0. The van der Waals surface area contributed by atoms with Gasteiger partial charge in [-0.1, -0.05) is 34.6 Å². The molecule has 1 aliphatic heterocycles. The van der Waals surface area contributed by atoms with Gasteiger partial charge in [0.15, 0.2) is 0 Å². The molecule has 0 aromatic carbocycles. The smallest absolute Gasteiger partial charge is 0.250 e. The molecule has 0 atom stereocenters. The van der Waals surface area contributed by atoms with Crippen LogP contribution in [0.1, 0.15) is 47.5 Å². The van der Waals surface area contributed by atoms with Gasteiger partial charge in [-0.3, -0.25) is 0 Å². The number of piperidine rings is 1. The Bertz CT molecular complexity index is 106. The Hall–Kier alpha value is -0.180. The van der Waals surface area contributed by atoms with Crippen LogP contribution >= 0.6 is 0 Å². The van der Waals surface area contributed by atoms with E-state index >= 15 is 0 Å². The Morgan fingerprint density at radius 1 is 1.00 bits per heavy atom. The van der Waals surface area contributed by atoms with Crippen LogP contribution in [-0.2, 0) is 0 Å². The number of hydrogen-bond donors (Lipinski definition) is 0. The fraction of sp³-hybridized carbons (Fsp3) is 1.00.